The predicted octanol–water partition coefficient (Wildman–Crippen LogP) is 0.916. The predicted molar refractivity (Wildman–Crippen MR) is 82.2 cm³/mol. The SMILES string of the molecule is CCC(CC)NC(=O)CN(CCOC)CCC(N)=S. The van der Waals surface area contributed by atoms with Crippen molar-refractivity contribution in [1.82, 2.24) is 10.2 Å². The molecule has 5 nitrogen and oxygen atoms in total. The number of carbonyl (C=O) groups is 1. The van der Waals surface area contributed by atoms with Crippen LogP contribution in [0.5, 0.6) is 0 Å². The van der Waals surface area contributed by atoms with E-state index >= 15 is 0 Å². The van der Waals surface area contributed by atoms with Crippen LogP contribution in [0.3, 0.4) is 0 Å². The average Bonchev–Trinajstić information content (AvgIpc) is 2.38. The Hall–Kier alpha value is -0.720. The third-order valence-corrected chi connectivity index (χ3v) is 3.21. The van der Waals surface area contributed by atoms with Gasteiger partial charge in [-0.05, 0) is 12.8 Å². The summed E-state index contributed by atoms with van der Waals surface area (Å²) in [6.07, 6.45) is 2.53. The maximum absolute atomic E-state index is 11.9. The Morgan fingerprint density at radius 2 is 2.00 bits per heavy atom. The van der Waals surface area contributed by atoms with Crippen molar-refractivity contribution in [1.29, 1.82) is 0 Å². The van der Waals surface area contributed by atoms with Crippen molar-refractivity contribution in [3.8, 4) is 0 Å². The molecule has 6 heteroatoms. The number of hydrogen-bond acceptors (Lipinski definition) is 4. The molecule has 3 N–H and O–H groups in total. The largest absolute Gasteiger partial charge is 0.393 e. The van der Waals surface area contributed by atoms with Crippen molar-refractivity contribution < 1.29 is 9.53 Å². The van der Waals surface area contributed by atoms with Gasteiger partial charge in [0, 0.05) is 32.7 Å². The average molecular weight is 289 g/mol. The number of methoxy groups -OCH3 is 1. The molecule has 1 amide bonds. The first-order chi connectivity index (χ1) is 9.03. The molecule has 0 atom stereocenters. The summed E-state index contributed by atoms with van der Waals surface area (Å²) in [5.74, 6) is 0.0488. The number of nitrogens with two attached hydrogens (primary N) is 1. The Morgan fingerprint density at radius 1 is 1.37 bits per heavy atom. The van der Waals surface area contributed by atoms with E-state index in [0.717, 1.165) is 12.8 Å². The van der Waals surface area contributed by atoms with Crippen LogP contribution in [0, 0.1) is 0 Å². The summed E-state index contributed by atoms with van der Waals surface area (Å²) in [5, 5.41) is 3.03. The molecule has 0 aliphatic carbocycles. The number of hydrogen-bond donors (Lipinski definition) is 2. The maximum Gasteiger partial charge on any atom is 0.234 e. The van der Waals surface area contributed by atoms with Gasteiger partial charge < -0.3 is 15.8 Å². The van der Waals surface area contributed by atoms with Crippen LogP contribution in [-0.2, 0) is 9.53 Å². The molecule has 0 heterocycles. The summed E-state index contributed by atoms with van der Waals surface area (Å²) in [5.41, 5.74) is 5.50. The van der Waals surface area contributed by atoms with Crippen LogP contribution in [0.15, 0.2) is 0 Å². The van der Waals surface area contributed by atoms with E-state index in [0.29, 0.717) is 37.7 Å². The Labute approximate surface area is 121 Å². The number of ether oxygens (including phenoxy) is 1. The minimum atomic E-state index is 0.0488. The molecule has 0 saturated heterocycles. The van der Waals surface area contributed by atoms with Crippen molar-refractivity contribution >= 4 is 23.1 Å². The molecule has 0 aromatic heterocycles. The zero-order valence-electron chi connectivity index (χ0n) is 12.3. The monoisotopic (exact) mass is 289 g/mol. The highest BCUT2D eigenvalue weighted by Gasteiger charge is 2.13. The van der Waals surface area contributed by atoms with Crippen LogP contribution in [0.25, 0.3) is 0 Å². The van der Waals surface area contributed by atoms with E-state index in [1.807, 2.05) is 4.90 Å². The standard InChI is InChI=1S/C13H27N3O2S/c1-4-11(5-2)15-13(17)10-16(8-9-18-3)7-6-12(14)19/h11H,4-10H2,1-3H3,(H2,14,19)(H,15,17). The molecule has 0 rings (SSSR count). The number of rotatable bonds is 11. The van der Waals surface area contributed by atoms with E-state index in [4.69, 9.17) is 22.7 Å². The van der Waals surface area contributed by atoms with Crippen molar-refractivity contribution in [2.45, 2.75) is 39.2 Å². The van der Waals surface area contributed by atoms with Crippen LogP contribution >= 0.6 is 12.2 Å². The number of nitrogens with one attached hydrogen (secondary N) is 1. The van der Waals surface area contributed by atoms with Gasteiger partial charge in [-0.3, -0.25) is 9.69 Å². The molecule has 0 spiro atoms. The summed E-state index contributed by atoms with van der Waals surface area (Å²) >= 11 is 4.87. The highest BCUT2D eigenvalue weighted by molar-refractivity contribution is 7.80. The normalized spacial score (nSPS) is 11.0. The van der Waals surface area contributed by atoms with Gasteiger partial charge in [0.05, 0.1) is 18.1 Å². The molecule has 0 aromatic carbocycles. The summed E-state index contributed by atoms with van der Waals surface area (Å²) in [6, 6.07) is 0.257. The fourth-order valence-electron chi connectivity index (χ4n) is 1.73. The molecular formula is C13H27N3O2S. The number of amides is 1. The van der Waals surface area contributed by atoms with Crippen molar-refractivity contribution in [2.24, 2.45) is 5.73 Å². The molecule has 19 heavy (non-hydrogen) atoms. The van der Waals surface area contributed by atoms with Crippen LogP contribution in [0.4, 0.5) is 0 Å². The summed E-state index contributed by atoms with van der Waals surface area (Å²) in [4.78, 5) is 14.4. The Bertz CT molecular complexity index is 271. The van der Waals surface area contributed by atoms with Crippen LogP contribution < -0.4 is 11.1 Å². The van der Waals surface area contributed by atoms with Gasteiger partial charge in [0.25, 0.3) is 0 Å². The number of nitrogens with zero attached hydrogens (tertiary/aromatic N) is 1. The highest BCUT2D eigenvalue weighted by atomic mass is 32.1. The first kappa shape index (κ1) is 18.3. The van der Waals surface area contributed by atoms with Crippen molar-refractivity contribution in [3.63, 3.8) is 0 Å². The quantitative estimate of drug-likeness (QED) is 0.554. The van der Waals surface area contributed by atoms with Crippen LogP contribution in [0.1, 0.15) is 33.1 Å². The Kier molecular flexibility index (Phi) is 10.7. The molecule has 0 fully saturated rings. The van der Waals surface area contributed by atoms with Crippen LogP contribution in [-0.4, -0.2) is 55.2 Å². The third-order valence-electron chi connectivity index (χ3n) is 3.00. The molecule has 0 radical (unpaired) electrons. The highest BCUT2D eigenvalue weighted by Crippen LogP contribution is 1.98. The minimum absolute atomic E-state index is 0.0488. The third kappa shape index (κ3) is 9.81. The summed E-state index contributed by atoms with van der Waals surface area (Å²) in [7, 11) is 1.65. The fraction of sp³-hybridized carbons (Fsp3) is 0.846. The maximum atomic E-state index is 11.9. The Morgan fingerprint density at radius 3 is 2.47 bits per heavy atom. The first-order valence-corrected chi connectivity index (χ1v) is 7.23. The van der Waals surface area contributed by atoms with Gasteiger partial charge in [-0.15, -0.1) is 0 Å². The lowest BCUT2D eigenvalue weighted by molar-refractivity contribution is -0.123. The Balaban J connectivity index is 4.20. The lowest BCUT2D eigenvalue weighted by atomic mass is 10.2. The second-order valence-corrected chi connectivity index (χ2v) is 5.09. The molecule has 112 valence electrons. The van der Waals surface area contributed by atoms with Crippen molar-refractivity contribution in [3.05, 3.63) is 0 Å². The lowest BCUT2D eigenvalue weighted by Crippen LogP contribution is -2.43. The molecule has 0 unspecified atom stereocenters. The van der Waals surface area contributed by atoms with Crippen LogP contribution in [0.2, 0.25) is 0 Å². The van der Waals surface area contributed by atoms with Gasteiger partial charge in [-0.1, -0.05) is 26.1 Å². The van der Waals surface area contributed by atoms with Gasteiger partial charge >= 0.3 is 0 Å². The van der Waals surface area contributed by atoms with Gasteiger partial charge in [-0.25, -0.2) is 0 Å². The van der Waals surface area contributed by atoms with Gasteiger partial charge in [-0.2, -0.15) is 0 Å². The minimum Gasteiger partial charge on any atom is -0.393 e. The van der Waals surface area contributed by atoms with Gasteiger partial charge in [0.2, 0.25) is 5.91 Å². The zero-order valence-corrected chi connectivity index (χ0v) is 13.1. The summed E-state index contributed by atoms with van der Waals surface area (Å²) < 4.78 is 5.05. The van der Waals surface area contributed by atoms with Gasteiger partial charge in [0.1, 0.15) is 0 Å². The van der Waals surface area contributed by atoms with E-state index < -0.39 is 0 Å². The van der Waals surface area contributed by atoms with Crippen molar-refractivity contribution in [2.75, 3.05) is 33.4 Å². The molecule has 0 aromatic rings. The van der Waals surface area contributed by atoms with Gasteiger partial charge in [0.15, 0.2) is 0 Å². The number of carbonyl (C=O) groups excluding carboxylic acids is 1. The van der Waals surface area contributed by atoms with E-state index in [1.165, 1.54) is 0 Å². The molecule has 0 bridgehead atoms. The van der Waals surface area contributed by atoms with E-state index in [1.54, 1.807) is 7.11 Å². The lowest BCUT2D eigenvalue weighted by Gasteiger charge is -2.23. The molecule has 0 saturated carbocycles. The second kappa shape index (κ2) is 11.1. The second-order valence-electron chi connectivity index (χ2n) is 4.57. The topological polar surface area (TPSA) is 67.6 Å². The van der Waals surface area contributed by atoms with E-state index in [2.05, 4.69) is 19.2 Å². The molecule has 0 aliphatic heterocycles. The smallest absolute Gasteiger partial charge is 0.234 e. The van der Waals surface area contributed by atoms with E-state index in [-0.39, 0.29) is 11.9 Å². The summed E-state index contributed by atoms with van der Waals surface area (Å²) in [6.45, 7) is 6.50. The molecule has 0 aliphatic rings. The zero-order chi connectivity index (χ0) is 14.7. The fourth-order valence-corrected chi connectivity index (χ4v) is 1.82. The van der Waals surface area contributed by atoms with E-state index in [9.17, 15) is 4.79 Å². The number of thiocarbonyl (C=S) groups is 1. The molecular weight excluding hydrogens is 262 g/mol. The first-order valence-electron chi connectivity index (χ1n) is 6.82.